The van der Waals surface area contributed by atoms with Gasteiger partial charge in [-0.3, -0.25) is 0 Å². The summed E-state index contributed by atoms with van der Waals surface area (Å²) in [7, 11) is 0. The van der Waals surface area contributed by atoms with Crippen molar-refractivity contribution in [3.05, 3.63) is 53.1 Å². The molecule has 6 rings (SSSR count). The molecule has 11 unspecified atom stereocenters. The third-order valence-electron chi connectivity index (χ3n) is 11.1. The van der Waals surface area contributed by atoms with Crippen LogP contribution >= 0.6 is 0 Å². The molecule has 0 radical (unpaired) electrons. The second-order valence-electron chi connectivity index (χ2n) is 13.4. The molecule has 44 heavy (non-hydrogen) atoms. The molecular weight excluding hydrogens is 572 g/mol. The Kier molecular flexibility index (Phi) is 8.40. The largest absolute Gasteiger partial charge is 0.462 e. The lowest BCUT2D eigenvalue weighted by Crippen LogP contribution is -2.60. The van der Waals surface area contributed by atoms with E-state index < -0.39 is 54.8 Å². The summed E-state index contributed by atoms with van der Waals surface area (Å²) in [6.45, 7) is 3.95. The average Bonchev–Trinajstić information content (AvgIpc) is 3.66. The molecule has 3 aliphatic carbocycles. The van der Waals surface area contributed by atoms with Crippen molar-refractivity contribution in [3.63, 3.8) is 0 Å². The number of fused-ring (bicyclic) bond motifs is 3. The van der Waals surface area contributed by atoms with Gasteiger partial charge in [0.2, 0.25) is 6.29 Å². The molecule has 11 atom stereocenters. The third kappa shape index (κ3) is 5.17. The molecule has 1 aromatic carbocycles. The molecule has 3 fully saturated rings. The Morgan fingerprint density at radius 1 is 1.05 bits per heavy atom. The van der Waals surface area contributed by atoms with Gasteiger partial charge in [0.1, 0.15) is 42.9 Å². The van der Waals surface area contributed by atoms with Gasteiger partial charge >= 0.3 is 11.9 Å². The Morgan fingerprint density at radius 3 is 2.45 bits per heavy atom. The number of hydrogen-bond donors (Lipinski definition) is 5. The van der Waals surface area contributed by atoms with Crippen LogP contribution < -0.4 is 4.74 Å². The van der Waals surface area contributed by atoms with Gasteiger partial charge in [-0.15, -0.1) is 0 Å². The summed E-state index contributed by atoms with van der Waals surface area (Å²) in [5.41, 5.74) is 1.67. The Morgan fingerprint density at radius 2 is 1.80 bits per heavy atom. The Balaban J connectivity index is 1.12. The van der Waals surface area contributed by atoms with Gasteiger partial charge in [0, 0.05) is 16.9 Å². The van der Waals surface area contributed by atoms with E-state index in [0.29, 0.717) is 18.9 Å². The molecule has 1 aromatic rings. The van der Waals surface area contributed by atoms with E-state index in [1.165, 1.54) is 29.8 Å². The first-order valence-electron chi connectivity index (χ1n) is 15.5. The van der Waals surface area contributed by atoms with Crippen LogP contribution in [0.4, 0.5) is 0 Å². The molecular formula is C33H42O11. The minimum absolute atomic E-state index is 0.0594. The van der Waals surface area contributed by atoms with Crippen LogP contribution in [0, 0.1) is 28.6 Å². The highest BCUT2D eigenvalue weighted by Crippen LogP contribution is 2.64. The predicted molar refractivity (Wildman–Crippen MR) is 154 cm³/mol. The Labute approximate surface area is 256 Å². The molecule has 2 saturated carbocycles. The lowest BCUT2D eigenvalue weighted by molar-refractivity contribution is -0.277. The molecule has 1 saturated heterocycles. The van der Waals surface area contributed by atoms with Crippen molar-refractivity contribution >= 4 is 11.9 Å². The summed E-state index contributed by atoms with van der Waals surface area (Å²) in [6, 6.07) is 6.04. The topological polar surface area (TPSA) is 172 Å². The van der Waals surface area contributed by atoms with Crippen LogP contribution in [0.3, 0.4) is 0 Å². The number of ether oxygens (including phenoxy) is 4. The van der Waals surface area contributed by atoms with Crippen LogP contribution in [0.15, 0.2) is 47.6 Å². The van der Waals surface area contributed by atoms with Gasteiger partial charge in [0.05, 0.1) is 18.8 Å². The van der Waals surface area contributed by atoms with E-state index in [9.17, 15) is 35.1 Å². The van der Waals surface area contributed by atoms with E-state index in [-0.39, 0.29) is 41.1 Å². The maximum absolute atomic E-state index is 13.3. The molecule has 11 heteroatoms. The van der Waals surface area contributed by atoms with Gasteiger partial charge in [0.15, 0.2) is 0 Å². The van der Waals surface area contributed by atoms with Crippen LogP contribution in [0.1, 0.15) is 56.3 Å². The second-order valence-corrected chi connectivity index (χ2v) is 13.4. The standard InChI is InChI=1S/C33H42O11/c1-32-11-9-25(33(2,16-35)24(32)8-5-18-13-19(14-22(18)32)21-10-12-41-30(21)40)44-29(39)17-3-6-20(7-4-17)42-31-28(38)27(37)26(36)23(15-34)43-31/h3-4,6-7,10,13,19,22-28,31,34-38H,5,8-9,11-12,14-16H2,1-2H3. The SMILES string of the molecule is CC1(CO)C(OC(=O)c2ccc(OC3OC(CO)C(O)C(O)C3O)cc2)CCC2(C)C3CC(C4=CCOC4=O)C=C3CCC12. The fraction of sp³-hybridized carbons (Fsp3) is 0.636. The summed E-state index contributed by atoms with van der Waals surface area (Å²) in [6.07, 6.45) is 0.653. The van der Waals surface area contributed by atoms with Crippen LogP contribution in [0.5, 0.6) is 5.75 Å². The van der Waals surface area contributed by atoms with Gasteiger partial charge in [-0.2, -0.15) is 0 Å². The zero-order chi connectivity index (χ0) is 31.4. The van der Waals surface area contributed by atoms with Crippen molar-refractivity contribution in [2.75, 3.05) is 19.8 Å². The summed E-state index contributed by atoms with van der Waals surface area (Å²) < 4.78 is 22.3. The van der Waals surface area contributed by atoms with Crippen molar-refractivity contribution in [3.8, 4) is 5.75 Å². The molecule has 2 heterocycles. The third-order valence-corrected chi connectivity index (χ3v) is 11.1. The van der Waals surface area contributed by atoms with Crippen molar-refractivity contribution in [1.29, 1.82) is 0 Å². The molecule has 11 nitrogen and oxygen atoms in total. The second kappa shape index (κ2) is 11.9. The Bertz CT molecular complexity index is 1320. The van der Waals surface area contributed by atoms with Crippen molar-refractivity contribution in [1.82, 2.24) is 0 Å². The van der Waals surface area contributed by atoms with Gasteiger partial charge < -0.3 is 44.5 Å². The summed E-state index contributed by atoms with van der Waals surface area (Å²) in [4.78, 5) is 25.6. The maximum atomic E-state index is 13.3. The number of benzene rings is 1. The average molecular weight is 615 g/mol. The highest BCUT2D eigenvalue weighted by Gasteiger charge is 2.60. The molecule has 0 bridgehead atoms. The summed E-state index contributed by atoms with van der Waals surface area (Å²) in [5, 5.41) is 50.4. The fourth-order valence-electron chi connectivity index (χ4n) is 8.57. The molecule has 5 aliphatic rings. The monoisotopic (exact) mass is 614 g/mol. The molecule has 2 aliphatic heterocycles. The number of hydrogen-bond acceptors (Lipinski definition) is 11. The fourth-order valence-corrected chi connectivity index (χ4v) is 8.57. The Hall–Kier alpha value is -2.80. The molecule has 0 spiro atoms. The number of carbonyl (C=O) groups excluding carboxylic acids is 2. The number of esters is 2. The normalized spacial score (nSPS) is 41.6. The first kappa shape index (κ1) is 31.2. The van der Waals surface area contributed by atoms with Crippen molar-refractivity contribution in [2.45, 2.75) is 82.8 Å². The first-order chi connectivity index (χ1) is 21.0. The van der Waals surface area contributed by atoms with Crippen molar-refractivity contribution in [2.24, 2.45) is 28.6 Å². The number of carbonyl (C=O) groups is 2. The van der Waals surface area contributed by atoms with E-state index in [1.54, 1.807) is 0 Å². The quantitative estimate of drug-likeness (QED) is 0.223. The summed E-state index contributed by atoms with van der Waals surface area (Å²) >= 11 is 0. The zero-order valence-corrected chi connectivity index (χ0v) is 25.0. The number of aliphatic hydroxyl groups is 5. The van der Waals surface area contributed by atoms with Gasteiger partial charge in [-0.05, 0) is 79.7 Å². The number of aliphatic hydroxyl groups excluding tert-OH is 5. The van der Waals surface area contributed by atoms with E-state index in [4.69, 9.17) is 18.9 Å². The lowest BCUT2D eigenvalue weighted by atomic mass is 9.46. The highest BCUT2D eigenvalue weighted by atomic mass is 16.7. The first-order valence-corrected chi connectivity index (χ1v) is 15.5. The van der Waals surface area contributed by atoms with Gasteiger partial charge in [-0.25, -0.2) is 9.59 Å². The zero-order valence-electron chi connectivity index (χ0n) is 25.0. The lowest BCUT2D eigenvalue weighted by Gasteiger charge is -2.59. The number of cyclic esters (lactones) is 1. The minimum Gasteiger partial charge on any atom is -0.462 e. The van der Waals surface area contributed by atoms with E-state index in [0.717, 1.165) is 31.3 Å². The molecule has 240 valence electrons. The molecule has 0 aromatic heterocycles. The van der Waals surface area contributed by atoms with Crippen LogP contribution in [-0.4, -0.2) is 94.1 Å². The highest BCUT2D eigenvalue weighted by molar-refractivity contribution is 5.91. The van der Waals surface area contributed by atoms with E-state index >= 15 is 0 Å². The van der Waals surface area contributed by atoms with Crippen LogP contribution in [0.2, 0.25) is 0 Å². The molecule has 0 amide bonds. The smallest absolute Gasteiger partial charge is 0.338 e. The molecule has 5 N–H and O–H groups in total. The van der Waals surface area contributed by atoms with Gasteiger partial charge in [0.25, 0.3) is 0 Å². The van der Waals surface area contributed by atoms with E-state index in [2.05, 4.69) is 13.0 Å². The number of allylic oxidation sites excluding steroid dienone is 2. The van der Waals surface area contributed by atoms with Crippen LogP contribution in [-0.2, 0) is 19.0 Å². The van der Waals surface area contributed by atoms with Crippen molar-refractivity contribution < 1.29 is 54.1 Å². The van der Waals surface area contributed by atoms with Gasteiger partial charge in [-0.1, -0.05) is 25.5 Å². The maximum Gasteiger partial charge on any atom is 0.338 e. The number of rotatable bonds is 7. The van der Waals surface area contributed by atoms with E-state index in [1.807, 2.05) is 13.0 Å². The van der Waals surface area contributed by atoms with Crippen LogP contribution in [0.25, 0.3) is 0 Å². The predicted octanol–water partition coefficient (Wildman–Crippen LogP) is 1.65. The minimum atomic E-state index is -1.57. The summed E-state index contributed by atoms with van der Waals surface area (Å²) in [5.74, 6) is -0.0463.